The number of nitrogens with one attached hydrogen (secondary N) is 1. The topological polar surface area (TPSA) is 59.1 Å². The maximum Gasteiger partial charge on any atom is 0.151 e. The molecule has 1 rings (SSSR count). The molecule has 0 fully saturated rings. The molecular weight excluding hydrogens is 232 g/mol. The van der Waals surface area contributed by atoms with Crippen molar-refractivity contribution in [3.8, 4) is 0 Å². The molecule has 0 aliphatic rings. The number of thiazole rings is 1. The summed E-state index contributed by atoms with van der Waals surface area (Å²) in [5.41, 5.74) is 0.978. The second kappa shape index (κ2) is 5.58. The predicted octanol–water partition coefficient (Wildman–Crippen LogP) is 0.976. The minimum Gasteiger partial charge on any atom is -0.310 e. The van der Waals surface area contributed by atoms with Gasteiger partial charge in [-0.15, -0.1) is 11.3 Å². The van der Waals surface area contributed by atoms with Crippen LogP contribution in [-0.4, -0.2) is 31.5 Å². The van der Waals surface area contributed by atoms with Gasteiger partial charge in [0.25, 0.3) is 0 Å². The number of hydrogen-bond acceptors (Lipinski definition) is 5. The molecule has 0 aliphatic carbocycles. The number of aromatic nitrogens is 1. The van der Waals surface area contributed by atoms with Crippen LogP contribution in [-0.2, 0) is 16.4 Å². The zero-order chi connectivity index (χ0) is 11.3. The zero-order valence-electron chi connectivity index (χ0n) is 8.99. The van der Waals surface area contributed by atoms with Crippen LogP contribution in [0.4, 0.5) is 0 Å². The van der Waals surface area contributed by atoms with E-state index >= 15 is 0 Å². The van der Waals surface area contributed by atoms with Crippen molar-refractivity contribution < 1.29 is 8.42 Å². The summed E-state index contributed by atoms with van der Waals surface area (Å²) in [6, 6.07) is 0. The van der Waals surface area contributed by atoms with Crippen molar-refractivity contribution in [1.29, 1.82) is 0 Å². The van der Waals surface area contributed by atoms with Crippen molar-refractivity contribution in [3.05, 3.63) is 16.1 Å². The molecule has 0 amide bonds. The second-order valence-electron chi connectivity index (χ2n) is 3.27. The van der Waals surface area contributed by atoms with Crippen molar-refractivity contribution in [1.82, 2.24) is 10.3 Å². The van der Waals surface area contributed by atoms with E-state index in [1.54, 1.807) is 18.3 Å². The molecule has 0 saturated carbocycles. The van der Waals surface area contributed by atoms with E-state index in [1.165, 1.54) is 0 Å². The molecule has 1 heterocycles. The highest BCUT2D eigenvalue weighted by Gasteiger charge is 2.06. The molecule has 0 saturated heterocycles. The number of nitrogens with zero attached hydrogens (tertiary/aromatic N) is 1. The first-order chi connectivity index (χ1) is 7.03. The molecule has 0 spiro atoms. The van der Waals surface area contributed by atoms with Crippen molar-refractivity contribution in [2.75, 3.05) is 18.1 Å². The number of rotatable bonds is 6. The van der Waals surface area contributed by atoms with Crippen LogP contribution in [0.15, 0.2) is 5.38 Å². The van der Waals surface area contributed by atoms with E-state index in [2.05, 4.69) is 10.3 Å². The lowest BCUT2D eigenvalue weighted by atomic mass is 10.5. The van der Waals surface area contributed by atoms with Gasteiger partial charge < -0.3 is 5.32 Å². The van der Waals surface area contributed by atoms with Gasteiger partial charge in [0.15, 0.2) is 9.84 Å². The molecule has 0 bridgehead atoms. The summed E-state index contributed by atoms with van der Waals surface area (Å²) in [4.78, 5) is 4.27. The summed E-state index contributed by atoms with van der Waals surface area (Å²) in [6.45, 7) is 4.76. The number of aryl methyl sites for hydroxylation is 1. The Morgan fingerprint density at radius 1 is 1.53 bits per heavy atom. The molecular formula is C9H16N2O2S2. The highest BCUT2D eigenvalue weighted by Crippen LogP contribution is 2.06. The molecule has 1 aromatic rings. The van der Waals surface area contributed by atoms with Gasteiger partial charge in [0, 0.05) is 24.2 Å². The van der Waals surface area contributed by atoms with E-state index in [0.717, 1.165) is 10.7 Å². The Labute approximate surface area is 94.7 Å². The number of sulfone groups is 1. The quantitative estimate of drug-likeness (QED) is 0.762. The van der Waals surface area contributed by atoms with E-state index < -0.39 is 9.84 Å². The highest BCUT2D eigenvalue weighted by molar-refractivity contribution is 7.91. The highest BCUT2D eigenvalue weighted by atomic mass is 32.2. The first kappa shape index (κ1) is 12.6. The summed E-state index contributed by atoms with van der Waals surface area (Å²) in [6.07, 6.45) is 0. The minimum absolute atomic E-state index is 0.201. The molecule has 0 atom stereocenters. The molecule has 0 aliphatic heterocycles. The Morgan fingerprint density at radius 2 is 2.27 bits per heavy atom. The van der Waals surface area contributed by atoms with Gasteiger partial charge in [0.05, 0.1) is 16.5 Å². The summed E-state index contributed by atoms with van der Waals surface area (Å²) in [5.74, 6) is 0.414. The lowest BCUT2D eigenvalue weighted by molar-refractivity contribution is 0.591. The van der Waals surface area contributed by atoms with Crippen LogP contribution < -0.4 is 5.32 Å². The Bertz CT molecular complexity index is 398. The molecule has 1 N–H and O–H groups in total. The van der Waals surface area contributed by atoms with Crippen LogP contribution in [0.25, 0.3) is 0 Å². The molecule has 0 unspecified atom stereocenters. The second-order valence-corrected chi connectivity index (χ2v) is 6.81. The minimum atomic E-state index is -2.85. The van der Waals surface area contributed by atoms with Crippen LogP contribution in [0.3, 0.4) is 0 Å². The van der Waals surface area contributed by atoms with E-state index in [9.17, 15) is 8.42 Å². The Balaban J connectivity index is 2.23. The average Bonchev–Trinajstić information content (AvgIpc) is 2.59. The van der Waals surface area contributed by atoms with E-state index in [-0.39, 0.29) is 11.5 Å². The molecule has 0 aromatic carbocycles. The Morgan fingerprint density at radius 3 is 2.80 bits per heavy atom. The average molecular weight is 248 g/mol. The SMILES string of the molecule is CCS(=O)(=O)CCNCc1csc(C)n1. The summed E-state index contributed by atoms with van der Waals surface area (Å²) in [5, 5.41) is 6.09. The van der Waals surface area contributed by atoms with Crippen molar-refractivity contribution in [3.63, 3.8) is 0 Å². The van der Waals surface area contributed by atoms with Gasteiger partial charge in [0.2, 0.25) is 0 Å². The fraction of sp³-hybridized carbons (Fsp3) is 0.667. The summed E-state index contributed by atoms with van der Waals surface area (Å²) in [7, 11) is -2.85. The van der Waals surface area contributed by atoms with Crippen LogP contribution in [0.1, 0.15) is 17.6 Å². The van der Waals surface area contributed by atoms with Crippen molar-refractivity contribution in [2.24, 2.45) is 0 Å². The molecule has 86 valence electrons. The molecule has 1 aromatic heterocycles. The fourth-order valence-electron chi connectivity index (χ4n) is 1.08. The normalized spacial score (nSPS) is 11.9. The third-order valence-electron chi connectivity index (χ3n) is 2.00. The van der Waals surface area contributed by atoms with Gasteiger partial charge in [-0.2, -0.15) is 0 Å². The zero-order valence-corrected chi connectivity index (χ0v) is 10.6. The van der Waals surface area contributed by atoms with Crippen LogP contribution in [0, 0.1) is 6.92 Å². The standard InChI is InChI=1S/C9H16N2O2S2/c1-3-15(12,13)5-4-10-6-9-7-14-8(2)11-9/h7,10H,3-6H2,1-2H3. The summed E-state index contributed by atoms with van der Waals surface area (Å²) >= 11 is 1.60. The first-order valence-corrected chi connectivity index (χ1v) is 7.56. The summed E-state index contributed by atoms with van der Waals surface area (Å²) < 4.78 is 22.3. The molecule has 0 radical (unpaired) electrons. The largest absolute Gasteiger partial charge is 0.310 e. The van der Waals surface area contributed by atoms with Gasteiger partial charge in [0.1, 0.15) is 0 Å². The van der Waals surface area contributed by atoms with Crippen LogP contribution >= 0.6 is 11.3 Å². The number of hydrogen-bond donors (Lipinski definition) is 1. The van der Waals surface area contributed by atoms with Crippen LogP contribution in [0.2, 0.25) is 0 Å². The Kier molecular flexibility index (Phi) is 4.69. The van der Waals surface area contributed by atoms with Crippen LogP contribution in [0.5, 0.6) is 0 Å². The van der Waals surface area contributed by atoms with E-state index in [1.807, 2.05) is 12.3 Å². The third kappa shape index (κ3) is 4.72. The first-order valence-electron chi connectivity index (χ1n) is 4.85. The molecule has 15 heavy (non-hydrogen) atoms. The van der Waals surface area contributed by atoms with Gasteiger partial charge in [-0.1, -0.05) is 6.92 Å². The smallest absolute Gasteiger partial charge is 0.151 e. The monoisotopic (exact) mass is 248 g/mol. The van der Waals surface area contributed by atoms with Gasteiger partial charge in [-0.05, 0) is 6.92 Å². The lowest BCUT2D eigenvalue weighted by Gasteiger charge is -2.02. The molecule has 6 heteroatoms. The van der Waals surface area contributed by atoms with Gasteiger partial charge in [-0.25, -0.2) is 13.4 Å². The predicted molar refractivity (Wildman–Crippen MR) is 62.9 cm³/mol. The maximum absolute atomic E-state index is 11.2. The molecule has 4 nitrogen and oxygen atoms in total. The lowest BCUT2D eigenvalue weighted by Crippen LogP contribution is -2.23. The van der Waals surface area contributed by atoms with Crippen molar-refractivity contribution >= 4 is 21.2 Å². The Hall–Kier alpha value is -0.460. The van der Waals surface area contributed by atoms with E-state index in [4.69, 9.17) is 0 Å². The fourth-order valence-corrected chi connectivity index (χ4v) is 2.43. The maximum atomic E-state index is 11.2. The van der Waals surface area contributed by atoms with Gasteiger partial charge >= 0.3 is 0 Å². The third-order valence-corrected chi connectivity index (χ3v) is 4.53. The van der Waals surface area contributed by atoms with Crippen molar-refractivity contribution in [2.45, 2.75) is 20.4 Å². The van der Waals surface area contributed by atoms with E-state index in [0.29, 0.717) is 13.1 Å². The van der Waals surface area contributed by atoms with Gasteiger partial charge in [-0.3, -0.25) is 0 Å².